The van der Waals surface area contributed by atoms with E-state index in [4.69, 9.17) is 5.73 Å². The van der Waals surface area contributed by atoms with Crippen molar-refractivity contribution in [2.24, 2.45) is 16.6 Å². The number of rotatable bonds is 5. The van der Waals surface area contributed by atoms with Gasteiger partial charge < -0.3 is 11.1 Å². The first-order valence-electron chi connectivity index (χ1n) is 7.16. The molecule has 0 aliphatic carbocycles. The number of halogens is 1. The number of guanidine groups is 1. The van der Waals surface area contributed by atoms with Gasteiger partial charge in [0.15, 0.2) is 5.96 Å². The number of hydrogen-bond donors (Lipinski definition) is 2. The average molecular weight is 397 g/mol. The summed E-state index contributed by atoms with van der Waals surface area (Å²) in [6.45, 7) is 5.89. The zero-order valence-corrected chi connectivity index (χ0v) is 15.0. The fraction of sp³-hybridized carbons (Fsp3) is 0.353. The Balaban J connectivity index is 0.00000220. The molecule has 2 rings (SSSR count). The molecule has 0 unspecified atom stereocenters. The lowest BCUT2D eigenvalue weighted by molar-refractivity contribution is 0.576. The molecule has 0 aliphatic rings. The lowest BCUT2D eigenvalue weighted by Crippen LogP contribution is -2.32. The first-order valence-corrected chi connectivity index (χ1v) is 7.16. The number of nitrogens with one attached hydrogen (secondary N) is 1. The summed E-state index contributed by atoms with van der Waals surface area (Å²) in [5.41, 5.74) is 7.04. The molecule has 0 radical (unpaired) electrons. The van der Waals surface area contributed by atoms with Crippen LogP contribution in [-0.2, 0) is 6.54 Å². The van der Waals surface area contributed by atoms with Crippen LogP contribution in [0.15, 0.2) is 47.5 Å². The second kappa shape index (κ2) is 8.87. The van der Waals surface area contributed by atoms with Gasteiger partial charge in [0.05, 0.1) is 6.54 Å². The third-order valence-corrected chi connectivity index (χ3v) is 3.27. The number of benzene rings is 2. The van der Waals surface area contributed by atoms with E-state index in [0.29, 0.717) is 18.4 Å². The van der Waals surface area contributed by atoms with Gasteiger partial charge in [-0.25, -0.2) is 4.99 Å². The lowest BCUT2D eigenvalue weighted by Gasteiger charge is -2.07. The van der Waals surface area contributed by atoms with E-state index < -0.39 is 0 Å². The maximum atomic E-state index is 5.86. The summed E-state index contributed by atoms with van der Waals surface area (Å²) in [5, 5.41) is 5.64. The molecule has 3 N–H and O–H groups in total. The van der Waals surface area contributed by atoms with Crippen LogP contribution >= 0.6 is 24.0 Å². The van der Waals surface area contributed by atoms with Crippen LogP contribution in [0.3, 0.4) is 0 Å². The van der Waals surface area contributed by atoms with Gasteiger partial charge in [0.1, 0.15) is 0 Å². The van der Waals surface area contributed by atoms with Crippen molar-refractivity contribution in [3.8, 4) is 0 Å². The van der Waals surface area contributed by atoms with Crippen LogP contribution in [0.1, 0.15) is 25.8 Å². The molecule has 0 fully saturated rings. The van der Waals surface area contributed by atoms with E-state index in [2.05, 4.69) is 66.6 Å². The SMILES string of the molecule is CC(C)CCNC(N)=NCc1ccc2ccccc2c1.I. The fourth-order valence-corrected chi connectivity index (χ4v) is 2.06. The van der Waals surface area contributed by atoms with Crippen molar-refractivity contribution in [3.05, 3.63) is 48.0 Å². The van der Waals surface area contributed by atoms with E-state index in [1.807, 2.05) is 0 Å². The molecule has 114 valence electrons. The van der Waals surface area contributed by atoms with E-state index in [9.17, 15) is 0 Å². The van der Waals surface area contributed by atoms with Crippen LogP contribution in [0.25, 0.3) is 10.8 Å². The Hall–Kier alpha value is -1.30. The van der Waals surface area contributed by atoms with E-state index >= 15 is 0 Å². The van der Waals surface area contributed by atoms with Crippen LogP contribution < -0.4 is 11.1 Å². The topological polar surface area (TPSA) is 50.4 Å². The Morgan fingerprint density at radius 1 is 1.14 bits per heavy atom. The summed E-state index contributed by atoms with van der Waals surface area (Å²) < 4.78 is 0. The van der Waals surface area contributed by atoms with Crippen LogP contribution in [0, 0.1) is 5.92 Å². The highest BCUT2D eigenvalue weighted by molar-refractivity contribution is 14.0. The van der Waals surface area contributed by atoms with Gasteiger partial charge in [-0.3, -0.25) is 0 Å². The highest BCUT2D eigenvalue weighted by atomic mass is 127. The van der Waals surface area contributed by atoms with Crippen molar-refractivity contribution in [3.63, 3.8) is 0 Å². The summed E-state index contributed by atoms with van der Waals surface area (Å²) in [7, 11) is 0. The van der Waals surface area contributed by atoms with Gasteiger partial charge in [-0.05, 0) is 34.7 Å². The Kier molecular flexibility index (Phi) is 7.50. The van der Waals surface area contributed by atoms with Gasteiger partial charge in [0.2, 0.25) is 0 Å². The molecule has 3 nitrogen and oxygen atoms in total. The lowest BCUT2D eigenvalue weighted by atomic mass is 10.1. The molecule has 0 saturated heterocycles. The molecule has 0 spiro atoms. The second-order valence-corrected chi connectivity index (χ2v) is 5.49. The first kappa shape index (κ1) is 17.8. The third-order valence-electron chi connectivity index (χ3n) is 3.27. The van der Waals surface area contributed by atoms with Gasteiger partial charge in [-0.2, -0.15) is 0 Å². The zero-order chi connectivity index (χ0) is 14.4. The van der Waals surface area contributed by atoms with Crippen molar-refractivity contribution < 1.29 is 0 Å². The molecule has 0 atom stereocenters. The minimum Gasteiger partial charge on any atom is -0.370 e. The van der Waals surface area contributed by atoms with Crippen molar-refractivity contribution >= 4 is 40.7 Å². The summed E-state index contributed by atoms with van der Waals surface area (Å²) in [4.78, 5) is 4.38. The summed E-state index contributed by atoms with van der Waals surface area (Å²) in [6, 6.07) is 14.7. The van der Waals surface area contributed by atoms with Gasteiger partial charge >= 0.3 is 0 Å². The molecule has 0 amide bonds. The molecule has 4 heteroatoms. The van der Waals surface area contributed by atoms with Gasteiger partial charge in [0.25, 0.3) is 0 Å². The predicted molar refractivity (Wildman–Crippen MR) is 102 cm³/mol. The van der Waals surface area contributed by atoms with Crippen molar-refractivity contribution in [1.29, 1.82) is 0 Å². The molecular weight excluding hydrogens is 373 g/mol. The second-order valence-electron chi connectivity index (χ2n) is 5.49. The predicted octanol–water partition coefficient (Wildman–Crippen LogP) is 3.91. The largest absolute Gasteiger partial charge is 0.370 e. The molecule has 2 aromatic carbocycles. The maximum Gasteiger partial charge on any atom is 0.188 e. The quantitative estimate of drug-likeness (QED) is 0.457. The number of fused-ring (bicyclic) bond motifs is 1. The molecule has 0 aromatic heterocycles. The molecule has 0 aliphatic heterocycles. The number of nitrogens with two attached hydrogens (primary N) is 1. The Bertz CT molecular complexity index is 593. The van der Waals surface area contributed by atoms with Gasteiger partial charge in [-0.1, -0.05) is 50.2 Å². The molecule has 0 bridgehead atoms. The summed E-state index contributed by atoms with van der Waals surface area (Å²) in [6.07, 6.45) is 1.10. The molecular formula is C17H24IN3. The van der Waals surface area contributed by atoms with E-state index in [1.54, 1.807) is 0 Å². The van der Waals surface area contributed by atoms with E-state index in [1.165, 1.54) is 16.3 Å². The molecule has 2 aromatic rings. The van der Waals surface area contributed by atoms with Crippen molar-refractivity contribution in [1.82, 2.24) is 5.32 Å². The zero-order valence-electron chi connectivity index (χ0n) is 12.7. The maximum absolute atomic E-state index is 5.86. The van der Waals surface area contributed by atoms with Crippen molar-refractivity contribution in [2.45, 2.75) is 26.8 Å². The Morgan fingerprint density at radius 3 is 2.57 bits per heavy atom. The highest BCUT2D eigenvalue weighted by Crippen LogP contribution is 2.16. The van der Waals surface area contributed by atoms with Crippen LogP contribution in [-0.4, -0.2) is 12.5 Å². The Morgan fingerprint density at radius 2 is 1.86 bits per heavy atom. The van der Waals surface area contributed by atoms with Crippen LogP contribution in [0.5, 0.6) is 0 Å². The van der Waals surface area contributed by atoms with Crippen LogP contribution in [0.2, 0.25) is 0 Å². The highest BCUT2D eigenvalue weighted by Gasteiger charge is 1.97. The minimum absolute atomic E-state index is 0. The van der Waals surface area contributed by atoms with Gasteiger partial charge in [0, 0.05) is 6.54 Å². The number of nitrogens with zero attached hydrogens (tertiary/aromatic N) is 1. The minimum atomic E-state index is 0. The van der Waals surface area contributed by atoms with Gasteiger partial charge in [-0.15, -0.1) is 24.0 Å². The molecule has 0 saturated carbocycles. The number of aliphatic imine (C=N–C) groups is 1. The standard InChI is InChI=1S/C17H23N3.HI/c1-13(2)9-10-19-17(18)20-12-14-7-8-15-5-3-4-6-16(15)11-14;/h3-8,11,13H,9-10,12H2,1-2H3,(H3,18,19,20);1H. The molecule has 0 heterocycles. The number of hydrogen-bond acceptors (Lipinski definition) is 1. The normalized spacial score (nSPS) is 11.5. The monoisotopic (exact) mass is 397 g/mol. The summed E-state index contributed by atoms with van der Waals surface area (Å²) >= 11 is 0. The molecule has 21 heavy (non-hydrogen) atoms. The first-order chi connectivity index (χ1) is 9.65. The average Bonchev–Trinajstić information content (AvgIpc) is 2.44. The van der Waals surface area contributed by atoms with Crippen molar-refractivity contribution in [2.75, 3.05) is 6.54 Å². The Labute approximate surface area is 144 Å². The van der Waals surface area contributed by atoms with E-state index in [-0.39, 0.29) is 24.0 Å². The van der Waals surface area contributed by atoms with Crippen LogP contribution in [0.4, 0.5) is 0 Å². The smallest absolute Gasteiger partial charge is 0.188 e. The van der Waals surface area contributed by atoms with E-state index in [0.717, 1.165) is 13.0 Å². The third kappa shape index (κ3) is 5.91. The summed E-state index contributed by atoms with van der Waals surface area (Å²) in [5.74, 6) is 1.20. The fourth-order valence-electron chi connectivity index (χ4n) is 2.06.